The average Bonchev–Trinajstić information content (AvgIpc) is 3.18. The first-order valence-electron chi connectivity index (χ1n) is 9.31. The third-order valence-electron chi connectivity index (χ3n) is 5.17. The fourth-order valence-corrected chi connectivity index (χ4v) is 3.88. The molecule has 1 fully saturated rings. The number of rotatable bonds is 2. The molecule has 0 radical (unpaired) electrons. The van der Waals surface area contributed by atoms with Crippen LogP contribution in [0.3, 0.4) is 0 Å². The zero-order valence-electron chi connectivity index (χ0n) is 15.4. The highest BCUT2D eigenvalue weighted by atomic mass is 35.5. The molecular weight excluding hydrogens is 360 g/mol. The lowest BCUT2D eigenvalue weighted by molar-refractivity contribution is 0.0842. The molecule has 4 rings (SSSR count). The molecule has 0 N–H and O–H groups in total. The lowest BCUT2D eigenvalue weighted by atomic mass is 10.1. The van der Waals surface area contributed by atoms with Crippen LogP contribution < -0.4 is 4.90 Å². The van der Waals surface area contributed by atoms with Gasteiger partial charge in [-0.25, -0.2) is 0 Å². The number of anilines is 1. The number of piperazine rings is 1. The van der Waals surface area contributed by atoms with E-state index in [4.69, 9.17) is 11.6 Å². The molecule has 2 heterocycles. The van der Waals surface area contributed by atoms with Crippen LogP contribution in [0.15, 0.2) is 53.5 Å². The maximum atomic E-state index is 13.0. The Morgan fingerprint density at radius 3 is 2.44 bits per heavy atom. The van der Waals surface area contributed by atoms with E-state index in [1.165, 1.54) is 0 Å². The van der Waals surface area contributed by atoms with Gasteiger partial charge >= 0.3 is 0 Å². The van der Waals surface area contributed by atoms with Crippen LogP contribution >= 0.6 is 11.6 Å². The predicted octanol–water partition coefficient (Wildman–Crippen LogP) is 3.28. The number of aryl methyl sites for hydroxylation is 1. The molecule has 27 heavy (non-hydrogen) atoms. The highest BCUT2D eigenvalue weighted by Gasteiger charge is 2.31. The van der Waals surface area contributed by atoms with Gasteiger partial charge in [0.15, 0.2) is 0 Å². The first-order chi connectivity index (χ1) is 13.1. The summed E-state index contributed by atoms with van der Waals surface area (Å²) in [5.41, 5.74) is 2.90. The Labute approximate surface area is 164 Å². The second-order valence-corrected chi connectivity index (χ2v) is 7.34. The molecule has 2 aliphatic rings. The van der Waals surface area contributed by atoms with E-state index in [9.17, 15) is 4.79 Å². The molecule has 1 saturated heterocycles. The quantitative estimate of drug-likeness (QED) is 0.800. The Morgan fingerprint density at radius 1 is 0.963 bits per heavy atom. The fraction of sp³-hybridized carbons (Fsp3) is 0.333. The summed E-state index contributed by atoms with van der Waals surface area (Å²) in [6, 6.07) is 15.7. The van der Waals surface area contributed by atoms with Crippen molar-refractivity contribution in [3.05, 3.63) is 64.7 Å². The van der Waals surface area contributed by atoms with E-state index in [2.05, 4.69) is 20.9 Å². The van der Waals surface area contributed by atoms with E-state index in [0.29, 0.717) is 13.1 Å². The topological polar surface area (TPSA) is 39.2 Å². The maximum Gasteiger partial charge on any atom is 0.260 e. The molecule has 1 amide bonds. The fourth-order valence-electron chi connectivity index (χ4n) is 3.69. The van der Waals surface area contributed by atoms with Crippen molar-refractivity contribution >= 4 is 29.2 Å². The summed E-state index contributed by atoms with van der Waals surface area (Å²) in [7, 11) is 0. The minimum absolute atomic E-state index is 0.0432. The van der Waals surface area contributed by atoms with Gasteiger partial charge in [0.25, 0.3) is 5.91 Å². The Balaban J connectivity index is 1.45. The van der Waals surface area contributed by atoms with Crippen molar-refractivity contribution in [1.29, 1.82) is 0 Å². The Morgan fingerprint density at radius 2 is 1.70 bits per heavy atom. The highest BCUT2D eigenvalue weighted by Crippen LogP contribution is 2.22. The Bertz CT molecular complexity index is 874. The minimum Gasteiger partial charge on any atom is -0.368 e. The molecule has 0 atom stereocenters. The van der Waals surface area contributed by atoms with Crippen LogP contribution in [0.1, 0.15) is 15.9 Å². The first kappa shape index (κ1) is 17.9. The van der Waals surface area contributed by atoms with Crippen molar-refractivity contribution in [2.75, 3.05) is 44.2 Å². The summed E-state index contributed by atoms with van der Waals surface area (Å²) in [6.45, 7) is 6.73. The molecule has 0 saturated carbocycles. The van der Waals surface area contributed by atoms with Gasteiger partial charge in [0.2, 0.25) is 5.96 Å². The predicted molar refractivity (Wildman–Crippen MR) is 110 cm³/mol. The molecular formula is C21H23ClN4O. The number of hydrogen-bond donors (Lipinski definition) is 0. The number of carbonyl (C=O) groups excluding carboxylic acids is 1. The summed E-state index contributed by atoms with van der Waals surface area (Å²) in [4.78, 5) is 24.1. The molecule has 6 heteroatoms. The van der Waals surface area contributed by atoms with Gasteiger partial charge in [-0.05, 0) is 36.8 Å². The number of benzene rings is 2. The molecule has 0 aliphatic carbocycles. The van der Waals surface area contributed by atoms with Crippen molar-refractivity contribution in [2.24, 2.45) is 4.99 Å². The largest absolute Gasteiger partial charge is 0.368 e. The third kappa shape index (κ3) is 3.65. The summed E-state index contributed by atoms with van der Waals surface area (Å²) >= 11 is 6.12. The zero-order chi connectivity index (χ0) is 18.8. The summed E-state index contributed by atoms with van der Waals surface area (Å²) in [5.74, 6) is 0.857. The smallest absolute Gasteiger partial charge is 0.260 e. The SMILES string of the molecule is Cc1ccccc1C(=O)N1CCN=C1N1CCN(c2cccc(Cl)c2)CC1. The van der Waals surface area contributed by atoms with E-state index in [1.807, 2.05) is 54.3 Å². The van der Waals surface area contributed by atoms with Gasteiger partial charge in [-0.2, -0.15) is 0 Å². The normalized spacial score (nSPS) is 17.3. The minimum atomic E-state index is 0.0432. The van der Waals surface area contributed by atoms with E-state index < -0.39 is 0 Å². The van der Waals surface area contributed by atoms with Crippen molar-refractivity contribution in [2.45, 2.75) is 6.92 Å². The molecule has 5 nitrogen and oxygen atoms in total. The van der Waals surface area contributed by atoms with Gasteiger partial charge in [-0.15, -0.1) is 0 Å². The number of carbonyl (C=O) groups is 1. The Kier molecular flexibility index (Phi) is 5.03. The zero-order valence-corrected chi connectivity index (χ0v) is 16.2. The second-order valence-electron chi connectivity index (χ2n) is 6.91. The summed E-state index contributed by atoms with van der Waals surface area (Å²) in [5, 5.41) is 0.755. The van der Waals surface area contributed by atoms with Gasteiger partial charge < -0.3 is 9.80 Å². The number of hydrogen-bond acceptors (Lipinski definition) is 4. The van der Waals surface area contributed by atoms with Crippen LogP contribution in [-0.2, 0) is 0 Å². The highest BCUT2D eigenvalue weighted by molar-refractivity contribution is 6.30. The van der Waals surface area contributed by atoms with Crippen LogP contribution in [0.25, 0.3) is 0 Å². The second kappa shape index (κ2) is 7.61. The van der Waals surface area contributed by atoms with Crippen molar-refractivity contribution in [3.63, 3.8) is 0 Å². The first-order valence-corrected chi connectivity index (χ1v) is 9.69. The third-order valence-corrected chi connectivity index (χ3v) is 5.41. The van der Waals surface area contributed by atoms with Crippen LogP contribution in [0.4, 0.5) is 5.69 Å². The molecule has 0 bridgehead atoms. The molecule has 140 valence electrons. The lowest BCUT2D eigenvalue weighted by Crippen LogP contribution is -2.53. The molecule has 0 unspecified atom stereocenters. The van der Waals surface area contributed by atoms with Gasteiger partial charge in [0.1, 0.15) is 0 Å². The van der Waals surface area contributed by atoms with Gasteiger partial charge in [0.05, 0.1) is 6.54 Å². The van der Waals surface area contributed by atoms with E-state index >= 15 is 0 Å². The number of aliphatic imine (C=N–C) groups is 1. The van der Waals surface area contributed by atoms with E-state index in [-0.39, 0.29) is 5.91 Å². The number of guanidine groups is 1. The summed E-state index contributed by atoms with van der Waals surface area (Å²) < 4.78 is 0. The van der Waals surface area contributed by atoms with Crippen LogP contribution in [-0.4, -0.2) is 60.9 Å². The molecule has 2 aromatic rings. The van der Waals surface area contributed by atoms with Crippen molar-refractivity contribution < 1.29 is 4.79 Å². The average molecular weight is 383 g/mol. The molecule has 2 aliphatic heterocycles. The van der Waals surface area contributed by atoms with E-state index in [1.54, 1.807) is 0 Å². The maximum absolute atomic E-state index is 13.0. The standard InChI is InChI=1S/C21H23ClN4O/c1-16-5-2-3-8-19(16)20(27)26-10-9-23-21(26)25-13-11-24(12-14-25)18-7-4-6-17(22)15-18/h2-8,15H,9-14H2,1H3. The number of halogens is 1. The van der Waals surface area contributed by atoms with Crippen LogP contribution in [0.2, 0.25) is 5.02 Å². The monoisotopic (exact) mass is 382 g/mol. The number of amides is 1. The van der Waals surface area contributed by atoms with E-state index in [0.717, 1.165) is 54.0 Å². The van der Waals surface area contributed by atoms with Crippen molar-refractivity contribution in [1.82, 2.24) is 9.80 Å². The summed E-state index contributed by atoms with van der Waals surface area (Å²) in [6.07, 6.45) is 0. The molecule has 0 aromatic heterocycles. The van der Waals surface area contributed by atoms with Gasteiger partial charge in [-0.1, -0.05) is 35.9 Å². The molecule has 0 spiro atoms. The van der Waals surface area contributed by atoms with Crippen molar-refractivity contribution in [3.8, 4) is 0 Å². The van der Waals surface area contributed by atoms with Gasteiger partial charge in [0, 0.05) is 49.0 Å². The van der Waals surface area contributed by atoms with Crippen LogP contribution in [0, 0.1) is 6.92 Å². The van der Waals surface area contributed by atoms with Gasteiger partial charge in [-0.3, -0.25) is 14.7 Å². The van der Waals surface area contributed by atoms with Crippen LogP contribution in [0.5, 0.6) is 0 Å². The molecule has 2 aromatic carbocycles. The Hall–Kier alpha value is -2.53. The number of nitrogens with zero attached hydrogens (tertiary/aromatic N) is 4. The lowest BCUT2D eigenvalue weighted by Gasteiger charge is -2.38.